The van der Waals surface area contributed by atoms with Gasteiger partial charge in [-0.1, -0.05) is 18.3 Å². The van der Waals surface area contributed by atoms with Gasteiger partial charge in [0.1, 0.15) is 10.00 Å². The molecule has 0 spiro atoms. The maximum absolute atomic E-state index is 5.75. The lowest BCUT2D eigenvalue weighted by Gasteiger charge is -1.95. The van der Waals surface area contributed by atoms with Gasteiger partial charge < -0.3 is 5.73 Å². The Hall–Kier alpha value is -1.33. The summed E-state index contributed by atoms with van der Waals surface area (Å²) in [5.74, 6) is 0.556. The Labute approximate surface area is 109 Å². The van der Waals surface area contributed by atoms with E-state index >= 15 is 0 Å². The smallest absolute Gasteiger partial charge is 0.142 e. The number of rotatable bonds is 3. The molecular formula is C12H11N3S2. The zero-order valence-electron chi connectivity index (χ0n) is 9.09. The molecule has 0 unspecified atom stereocenters. The summed E-state index contributed by atoms with van der Waals surface area (Å²) in [4.78, 5) is 10.4. The molecule has 0 bridgehead atoms. The number of thiazole rings is 1. The van der Waals surface area contributed by atoms with E-state index in [4.69, 9.17) is 18.0 Å². The normalized spacial score (nSPS) is 14.8. The summed E-state index contributed by atoms with van der Waals surface area (Å²) < 4.78 is 0. The van der Waals surface area contributed by atoms with Gasteiger partial charge in [-0.25, -0.2) is 4.98 Å². The zero-order chi connectivity index (χ0) is 11.8. The molecule has 1 fully saturated rings. The molecule has 0 saturated heterocycles. The molecule has 1 aliphatic carbocycles. The minimum atomic E-state index is 0.451. The summed E-state index contributed by atoms with van der Waals surface area (Å²) in [6.07, 6.45) is 4.16. The van der Waals surface area contributed by atoms with Crippen LogP contribution >= 0.6 is 23.6 Å². The molecule has 2 N–H and O–H groups in total. The fourth-order valence-electron chi connectivity index (χ4n) is 1.74. The fraction of sp³-hybridized carbons (Fsp3) is 0.250. The van der Waals surface area contributed by atoms with E-state index < -0.39 is 0 Å². The molecule has 86 valence electrons. The summed E-state index contributed by atoms with van der Waals surface area (Å²) >= 11 is 6.64. The Morgan fingerprint density at radius 3 is 2.82 bits per heavy atom. The van der Waals surface area contributed by atoms with E-state index in [2.05, 4.69) is 9.97 Å². The van der Waals surface area contributed by atoms with Crippen LogP contribution in [0.5, 0.6) is 0 Å². The molecule has 0 radical (unpaired) electrons. The van der Waals surface area contributed by atoms with Gasteiger partial charge in [-0.15, -0.1) is 11.3 Å². The van der Waals surface area contributed by atoms with Crippen molar-refractivity contribution in [2.24, 2.45) is 5.73 Å². The monoisotopic (exact) mass is 261 g/mol. The average Bonchev–Trinajstić information content (AvgIpc) is 3.09. The first-order valence-corrected chi connectivity index (χ1v) is 6.70. The lowest BCUT2D eigenvalue weighted by molar-refractivity contribution is 1.05. The second-order valence-electron chi connectivity index (χ2n) is 4.09. The van der Waals surface area contributed by atoms with Gasteiger partial charge >= 0.3 is 0 Å². The summed E-state index contributed by atoms with van der Waals surface area (Å²) in [7, 11) is 0. The first-order chi connectivity index (χ1) is 8.25. The number of aromatic nitrogens is 2. The van der Waals surface area contributed by atoms with E-state index in [1.807, 2.05) is 18.2 Å². The van der Waals surface area contributed by atoms with Crippen LogP contribution in [0.25, 0.3) is 10.7 Å². The van der Waals surface area contributed by atoms with Crippen molar-refractivity contribution in [3.8, 4) is 10.7 Å². The van der Waals surface area contributed by atoms with Crippen molar-refractivity contribution in [2.45, 2.75) is 18.8 Å². The van der Waals surface area contributed by atoms with Crippen LogP contribution in [0.4, 0.5) is 0 Å². The molecule has 2 aromatic heterocycles. The first-order valence-electron chi connectivity index (χ1n) is 5.47. The summed E-state index contributed by atoms with van der Waals surface area (Å²) in [5.41, 5.74) is 7.72. The third-order valence-corrected chi connectivity index (χ3v) is 4.19. The van der Waals surface area contributed by atoms with Crippen LogP contribution in [-0.2, 0) is 0 Å². The van der Waals surface area contributed by atoms with Crippen LogP contribution in [0.15, 0.2) is 24.4 Å². The summed E-state index contributed by atoms with van der Waals surface area (Å²) in [6.45, 7) is 0. The maximum Gasteiger partial charge on any atom is 0.142 e. The Balaban J connectivity index is 2.07. The van der Waals surface area contributed by atoms with Crippen molar-refractivity contribution < 1.29 is 0 Å². The highest BCUT2D eigenvalue weighted by molar-refractivity contribution is 7.81. The van der Waals surface area contributed by atoms with E-state index in [9.17, 15) is 0 Å². The molecule has 17 heavy (non-hydrogen) atoms. The van der Waals surface area contributed by atoms with Crippen molar-refractivity contribution in [3.05, 3.63) is 35.0 Å². The van der Waals surface area contributed by atoms with Crippen LogP contribution in [-0.4, -0.2) is 15.0 Å². The number of nitrogens with two attached hydrogens (primary N) is 1. The highest BCUT2D eigenvalue weighted by atomic mass is 32.1. The van der Waals surface area contributed by atoms with E-state index in [1.165, 1.54) is 12.8 Å². The number of nitrogens with zero attached hydrogens (tertiary/aromatic N) is 2. The van der Waals surface area contributed by atoms with Crippen molar-refractivity contribution in [1.82, 2.24) is 9.97 Å². The van der Waals surface area contributed by atoms with Gasteiger partial charge in [-0.05, 0) is 25.0 Å². The standard InChI is InChI=1S/C12H11N3S2/c13-11(16)10-9(7-4-5-7)15-12(17-10)8-3-1-2-6-14-8/h1-3,6-7H,4-5H2,(H2,13,16). The number of hydrogen-bond acceptors (Lipinski definition) is 4. The van der Waals surface area contributed by atoms with Crippen molar-refractivity contribution >= 4 is 28.5 Å². The fourth-order valence-corrected chi connectivity index (χ4v) is 2.95. The van der Waals surface area contributed by atoms with Gasteiger partial charge in [0.05, 0.1) is 16.3 Å². The largest absolute Gasteiger partial charge is 0.389 e. The number of pyridine rings is 1. The molecule has 0 amide bonds. The molecule has 3 nitrogen and oxygen atoms in total. The molecule has 5 heteroatoms. The van der Waals surface area contributed by atoms with Gasteiger partial charge in [0.15, 0.2) is 0 Å². The average molecular weight is 261 g/mol. The van der Waals surface area contributed by atoms with E-state index in [0.29, 0.717) is 10.9 Å². The molecule has 1 saturated carbocycles. The predicted molar refractivity (Wildman–Crippen MR) is 73.2 cm³/mol. The van der Waals surface area contributed by atoms with Gasteiger partial charge in [-0.2, -0.15) is 0 Å². The van der Waals surface area contributed by atoms with Crippen LogP contribution in [0.2, 0.25) is 0 Å². The molecule has 1 aliphatic rings. The lowest BCUT2D eigenvalue weighted by Crippen LogP contribution is -2.09. The second-order valence-corrected chi connectivity index (χ2v) is 5.53. The Morgan fingerprint density at radius 2 is 2.24 bits per heavy atom. The van der Waals surface area contributed by atoms with Crippen LogP contribution in [0, 0.1) is 0 Å². The van der Waals surface area contributed by atoms with Gasteiger partial charge in [0.2, 0.25) is 0 Å². The summed E-state index contributed by atoms with van der Waals surface area (Å²) in [5, 5.41) is 0.912. The highest BCUT2D eigenvalue weighted by Gasteiger charge is 2.30. The van der Waals surface area contributed by atoms with Gasteiger partial charge in [0, 0.05) is 12.1 Å². The topological polar surface area (TPSA) is 51.8 Å². The first kappa shape index (κ1) is 10.8. The summed E-state index contributed by atoms with van der Waals surface area (Å²) in [6, 6.07) is 5.81. The minimum Gasteiger partial charge on any atom is -0.389 e. The molecule has 0 aromatic carbocycles. The SMILES string of the molecule is NC(=S)c1sc(-c2ccccn2)nc1C1CC1. The molecule has 0 atom stereocenters. The molecule has 0 aliphatic heterocycles. The zero-order valence-corrected chi connectivity index (χ0v) is 10.7. The Morgan fingerprint density at radius 1 is 1.41 bits per heavy atom. The van der Waals surface area contributed by atoms with E-state index in [-0.39, 0.29) is 0 Å². The van der Waals surface area contributed by atoms with E-state index in [0.717, 1.165) is 21.3 Å². The second kappa shape index (κ2) is 4.16. The van der Waals surface area contributed by atoms with Crippen molar-refractivity contribution in [3.63, 3.8) is 0 Å². The van der Waals surface area contributed by atoms with Crippen LogP contribution in [0.3, 0.4) is 0 Å². The van der Waals surface area contributed by atoms with Gasteiger partial charge in [0.25, 0.3) is 0 Å². The minimum absolute atomic E-state index is 0.451. The number of thiocarbonyl (C=S) groups is 1. The van der Waals surface area contributed by atoms with Crippen LogP contribution in [0.1, 0.15) is 29.3 Å². The van der Waals surface area contributed by atoms with Crippen LogP contribution < -0.4 is 5.73 Å². The number of hydrogen-bond donors (Lipinski definition) is 1. The maximum atomic E-state index is 5.75. The lowest BCUT2D eigenvalue weighted by atomic mass is 10.2. The van der Waals surface area contributed by atoms with Crippen molar-refractivity contribution in [2.75, 3.05) is 0 Å². The Bertz CT molecular complexity index is 558. The highest BCUT2D eigenvalue weighted by Crippen LogP contribution is 2.43. The molecule has 2 aromatic rings. The van der Waals surface area contributed by atoms with Gasteiger partial charge in [-0.3, -0.25) is 4.98 Å². The molecular weight excluding hydrogens is 250 g/mol. The quantitative estimate of drug-likeness (QED) is 0.863. The Kier molecular flexibility index (Phi) is 2.64. The molecule has 3 rings (SSSR count). The third-order valence-electron chi connectivity index (χ3n) is 2.73. The predicted octanol–water partition coefficient (Wildman–Crippen LogP) is 2.72. The van der Waals surface area contributed by atoms with Crippen molar-refractivity contribution in [1.29, 1.82) is 0 Å². The van der Waals surface area contributed by atoms with E-state index in [1.54, 1.807) is 17.5 Å². The third kappa shape index (κ3) is 2.08. The molecule has 2 heterocycles.